The molecule has 1 heterocycles. The van der Waals surface area contributed by atoms with Crippen LogP contribution in [0.15, 0.2) is 12.5 Å². The summed E-state index contributed by atoms with van der Waals surface area (Å²) in [4.78, 5) is 14.3. The Hall–Kier alpha value is -1.32. The molecule has 12 heavy (non-hydrogen) atoms. The first-order chi connectivity index (χ1) is 5.74. The Kier molecular flexibility index (Phi) is 2.85. The number of aryl methyl sites for hydroxylation is 1. The van der Waals surface area contributed by atoms with Gasteiger partial charge in [0.2, 0.25) is 0 Å². The summed E-state index contributed by atoms with van der Waals surface area (Å²) < 4.78 is 1.66. The van der Waals surface area contributed by atoms with Crippen LogP contribution in [0.25, 0.3) is 0 Å². The molecule has 0 aliphatic carbocycles. The van der Waals surface area contributed by atoms with Crippen LogP contribution in [0.3, 0.4) is 0 Å². The monoisotopic (exact) mass is 168 g/mol. The van der Waals surface area contributed by atoms with Gasteiger partial charge in [-0.25, -0.2) is 4.98 Å². The number of imidazole rings is 1. The summed E-state index contributed by atoms with van der Waals surface area (Å²) in [5.41, 5.74) is 0.986. The molecule has 0 amide bonds. The smallest absolute Gasteiger partial charge is 0.323 e. The van der Waals surface area contributed by atoms with E-state index in [2.05, 4.69) is 11.9 Å². The number of carboxylic acids is 1. The highest BCUT2D eigenvalue weighted by atomic mass is 16.4. The number of hydrogen-bond donors (Lipinski definition) is 1. The maximum atomic E-state index is 10.4. The third-order valence-electron chi connectivity index (χ3n) is 1.61. The van der Waals surface area contributed by atoms with Crippen LogP contribution >= 0.6 is 0 Å². The van der Waals surface area contributed by atoms with Crippen molar-refractivity contribution in [1.29, 1.82) is 0 Å². The number of nitrogens with zero attached hydrogens (tertiary/aromatic N) is 2. The fraction of sp³-hybridized carbons (Fsp3) is 0.500. The number of aliphatic carboxylic acids is 1. The molecule has 0 radical (unpaired) electrons. The summed E-state index contributed by atoms with van der Waals surface area (Å²) >= 11 is 0. The van der Waals surface area contributed by atoms with Gasteiger partial charge >= 0.3 is 5.97 Å². The van der Waals surface area contributed by atoms with Gasteiger partial charge in [0.05, 0.1) is 6.33 Å². The Morgan fingerprint density at radius 2 is 2.50 bits per heavy atom. The second-order valence-corrected chi connectivity index (χ2v) is 2.66. The van der Waals surface area contributed by atoms with Gasteiger partial charge in [-0.15, -0.1) is 0 Å². The quantitative estimate of drug-likeness (QED) is 0.727. The van der Waals surface area contributed by atoms with Crippen molar-refractivity contribution in [3.63, 3.8) is 0 Å². The first-order valence-electron chi connectivity index (χ1n) is 3.95. The molecule has 0 atom stereocenters. The van der Waals surface area contributed by atoms with Crippen LogP contribution < -0.4 is 0 Å². The van der Waals surface area contributed by atoms with Gasteiger partial charge in [-0.1, -0.05) is 13.3 Å². The minimum atomic E-state index is -0.828. The Balaban J connectivity index is 2.69. The molecule has 1 rings (SSSR count). The molecule has 4 heteroatoms. The van der Waals surface area contributed by atoms with E-state index in [1.165, 1.54) is 0 Å². The standard InChI is InChI=1S/C8H12N2O2/c1-2-3-7-4-9-6-10(7)5-8(11)12/h4,6H,2-3,5H2,1H3,(H,11,12). The minimum Gasteiger partial charge on any atom is -0.480 e. The predicted molar refractivity (Wildman–Crippen MR) is 43.9 cm³/mol. The average Bonchev–Trinajstić information content (AvgIpc) is 2.37. The number of rotatable bonds is 4. The zero-order valence-corrected chi connectivity index (χ0v) is 7.03. The fourth-order valence-corrected chi connectivity index (χ4v) is 1.10. The third kappa shape index (κ3) is 2.08. The summed E-state index contributed by atoms with van der Waals surface area (Å²) in [6, 6.07) is 0. The van der Waals surface area contributed by atoms with E-state index in [9.17, 15) is 4.79 Å². The lowest BCUT2D eigenvalue weighted by atomic mass is 10.3. The Morgan fingerprint density at radius 3 is 3.08 bits per heavy atom. The van der Waals surface area contributed by atoms with Gasteiger partial charge in [0.15, 0.2) is 0 Å². The van der Waals surface area contributed by atoms with E-state index in [0.717, 1.165) is 18.5 Å². The van der Waals surface area contributed by atoms with Crippen molar-refractivity contribution in [3.05, 3.63) is 18.2 Å². The van der Waals surface area contributed by atoms with Crippen molar-refractivity contribution in [1.82, 2.24) is 9.55 Å². The highest BCUT2D eigenvalue weighted by Crippen LogP contribution is 2.02. The lowest BCUT2D eigenvalue weighted by Gasteiger charge is -2.02. The summed E-state index contributed by atoms with van der Waals surface area (Å²) in [5.74, 6) is -0.828. The van der Waals surface area contributed by atoms with Crippen LogP contribution in [0, 0.1) is 0 Å². The molecule has 0 spiro atoms. The predicted octanol–water partition coefficient (Wildman–Crippen LogP) is 0.920. The molecule has 0 aromatic carbocycles. The highest BCUT2D eigenvalue weighted by Gasteiger charge is 2.03. The molecule has 1 N–H and O–H groups in total. The number of carbonyl (C=O) groups is 1. The number of hydrogen-bond acceptors (Lipinski definition) is 2. The van der Waals surface area contributed by atoms with E-state index in [1.807, 2.05) is 0 Å². The molecular formula is C8H12N2O2. The normalized spacial score (nSPS) is 10.1. The Labute approximate surface area is 70.9 Å². The molecular weight excluding hydrogens is 156 g/mol. The molecule has 1 aromatic heterocycles. The van der Waals surface area contributed by atoms with Gasteiger partial charge in [-0.05, 0) is 6.42 Å². The lowest BCUT2D eigenvalue weighted by Crippen LogP contribution is -2.10. The van der Waals surface area contributed by atoms with Gasteiger partial charge in [-0.2, -0.15) is 0 Å². The largest absolute Gasteiger partial charge is 0.480 e. The number of aromatic nitrogens is 2. The van der Waals surface area contributed by atoms with Crippen molar-refractivity contribution >= 4 is 5.97 Å². The Bertz CT molecular complexity index is 268. The topological polar surface area (TPSA) is 55.1 Å². The first-order valence-corrected chi connectivity index (χ1v) is 3.95. The first kappa shape index (κ1) is 8.77. The van der Waals surface area contributed by atoms with Crippen molar-refractivity contribution in [2.75, 3.05) is 0 Å². The van der Waals surface area contributed by atoms with E-state index in [4.69, 9.17) is 5.11 Å². The summed E-state index contributed by atoms with van der Waals surface area (Å²) in [6.07, 6.45) is 5.16. The van der Waals surface area contributed by atoms with Gasteiger partial charge < -0.3 is 9.67 Å². The van der Waals surface area contributed by atoms with E-state index in [1.54, 1.807) is 17.1 Å². The minimum absolute atomic E-state index is 0.00926. The van der Waals surface area contributed by atoms with Crippen LogP contribution in [0.4, 0.5) is 0 Å². The van der Waals surface area contributed by atoms with E-state index >= 15 is 0 Å². The third-order valence-corrected chi connectivity index (χ3v) is 1.61. The van der Waals surface area contributed by atoms with Crippen LogP contribution in [0.5, 0.6) is 0 Å². The van der Waals surface area contributed by atoms with Crippen molar-refractivity contribution in [3.8, 4) is 0 Å². The van der Waals surface area contributed by atoms with Crippen molar-refractivity contribution in [2.24, 2.45) is 0 Å². The van der Waals surface area contributed by atoms with Crippen LogP contribution in [0.2, 0.25) is 0 Å². The zero-order chi connectivity index (χ0) is 8.97. The van der Waals surface area contributed by atoms with Crippen molar-refractivity contribution in [2.45, 2.75) is 26.3 Å². The van der Waals surface area contributed by atoms with Gasteiger partial charge in [-0.3, -0.25) is 4.79 Å². The molecule has 0 saturated carbocycles. The molecule has 0 aliphatic rings. The lowest BCUT2D eigenvalue weighted by molar-refractivity contribution is -0.137. The molecule has 1 aromatic rings. The second-order valence-electron chi connectivity index (χ2n) is 2.66. The van der Waals surface area contributed by atoms with E-state index in [-0.39, 0.29) is 6.54 Å². The zero-order valence-electron chi connectivity index (χ0n) is 7.03. The highest BCUT2D eigenvalue weighted by molar-refractivity contribution is 5.66. The van der Waals surface area contributed by atoms with Crippen molar-refractivity contribution < 1.29 is 9.90 Å². The van der Waals surface area contributed by atoms with Gasteiger partial charge in [0.25, 0.3) is 0 Å². The molecule has 0 fully saturated rings. The van der Waals surface area contributed by atoms with E-state index < -0.39 is 5.97 Å². The molecule has 0 aliphatic heterocycles. The number of carboxylic acid groups (broad SMARTS) is 1. The molecule has 4 nitrogen and oxygen atoms in total. The summed E-state index contributed by atoms with van der Waals surface area (Å²) in [5, 5.41) is 8.53. The van der Waals surface area contributed by atoms with Crippen LogP contribution in [0.1, 0.15) is 19.0 Å². The van der Waals surface area contributed by atoms with Gasteiger partial charge in [0.1, 0.15) is 6.54 Å². The van der Waals surface area contributed by atoms with Gasteiger partial charge in [0, 0.05) is 11.9 Å². The molecule has 66 valence electrons. The SMILES string of the molecule is CCCc1cncn1CC(=O)O. The average molecular weight is 168 g/mol. The maximum absolute atomic E-state index is 10.4. The fourth-order valence-electron chi connectivity index (χ4n) is 1.10. The maximum Gasteiger partial charge on any atom is 0.323 e. The Morgan fingerprint density at radius 1 is 1.75 bits per heavy atom. The van der Waals surface area contributed by atoms with Crippen LogP contribution in [-0.2, 0) is 17.8 Å². The molecule has 0 unspecified atom stereocenters. The summed E-state index contributed by atoms with van der Waals surface area (Å²) in [6.45, 7) is 2.06. The second kappa shape index (κ2) is 3.90. The van der Waals surface area contributed by atoms with Crippen LogP contribution in [-0.4, -0.2) is 20.6 Å². The van der Waals surface area contributed by atoms with E-state index in [0.29, 0.717) is 0 Å². The summed E-state index contributed by atoms with van der Waals surface area (Å²) in [7, 11) is 0. The molecule has 0 bridgehead atoms. The molecule has 0 saturated heterocycles.